The molecule has 1 unspecified atom stereocenters. The first-order valence-corrected chi connectivity index (χ1v) is 15.9. The van der Waals surface area contributed by atoms with Crippen molar-refractivity contribution in [3.8, 4) is 5.75 Å². The molecule has 39 heavy (non-hydrogen) atoms. The highest BCUT2D eigenvalue weighted by Gasteiger charge is 2.54. The van der Waals surface area contributed by atoms with Crippen LogP contribution in [0.25, 0.3) is 10.9 Å². The zero-order chi connectivity index (χ0) is 28.3. The van der Waals surface area contributed by atoms with Crippen LogP contribution in [-0.4, -0.2) is 80.8 Å². The lowest BCUT2D eigenvalue weighted by Gasteiger charge is -2.39. The number of nitrogens with zero attached hydrogens (tertiary/aromatic N) is 3. The molecule has 1 fully saturated rings. The van der Waals surface area contributed by atoms with E-state index >= 15 is 4.39 Å². The Morgan fingerprint density at radius 3 is 2.08 bits per heavy atom. The molecule has 13 heteroatoms. The van der Waals surface area contributed by atoms with Gasteiger partial charge in [0.15, 0.2) is 17.0 Å². The summed E-state index contributed by atoms with van der Waals surface area (Å²) in [4.78, 5) is 18.4. The maximum Gasteiger partial charge on any atom is 0.234 e. The number of hydrogen-bond acceptors (Lipinski definition) is 9. The predicted octanol–water partition coefficient (Wildman–Crippen LogP) is 4.72. The number of aliphatic hydroxyl groups is 1. The first-order valence-electron chi connectivity index (χ1n) is 13.5. The Kier molecular flexibility index (Phi) is 10.2. The minimum atomic E-state index is -2.08. The molecular formula is C26H40FN3O7P2. The molecule has 4 rings (SSSR count). The fraction of sp³-hybridized carbons (Fsp3) is 0.654. The van der Waals surface area contributed by atoms with Crippen molar-refractivity contribution < 1.29 is 32.3 Å². The molecule has 0 radical (unpaired) electrons. The van der Waals surface area contributed by atoms with Crippen molar-refractivity contribution in [2.75, 3.05) is 71.2 Å². The fourth-order valence-electron chi connectivity index (χ4n) is 4.94. The van der Waals surface area contributed by atoms with Crippen molar-refractivity contribution in [1.82, 2.24) is 9.47 Å². The Morgan fingerprint density at radius 2 is 1.56 bits per heavy atom. The van der Waals surface area contributed by atoms with E-state index in [2.05, 4.69) is 4.90 Å². The number of hydrogen-bond donors (Lipinski definition) is 1. The van der Waals surface area contributed by atoms with Gasteiger partial charge in [-0.2, -0.15) is 0 Å². The Labute approximate surface area is 231 Å². The van der Waals surface area contributed by atoms with Gasteiger partial charge >= 0.3 is 0 Å². The summed E-state index contributed by atoms with van der Waals surface area (Å²) in [5, 5.41) is 10.5. The largest absolute Gasteiger partial charge is 0.487 e. The van der Waals surface area contributed by atoms with Crippen molar-refractivity contribution in [2.24, 2.45) is 0 Å². The molecule has 218 valence electrons. The second kappa shape index (κ2) is 13.0. The number of aromatic nitrogens is 1. The third-order valence-electron chi connectivity index (χ3n) is 6.82. The van der Waals surface area contributed by atoms with Crippen LogP contribution in [-0.2, 0) is 23.2 Å². The number of ether oxygens (including phenoxy) is 1. The van der Waals surface area contributed by atoms with Crippen molar-refractivity contribution in [1.29, 1.82) is 0 Å². The quantitative estimate of drug-likeness (QED) is 0.354. The maximum absolute atomic E-state index is 15.9. The number of piperazine rings is 1. The highest BCUT2D eigenvalue weighted by molar-refractivity contribution is 7.66. The fourth-order valence-corrected chi connectivity index (χ4v) is 8.69. The van der Waals surface area contributed by atoms with E-state index in [1.165, 1.54) is 6.07 Å². The van der Waals surface area contributed by atoms with Gasteiger partial charge in [0.2, 0.25) is 21.8 Å². The molecule has 2 aliphatic rings. The number of pyridine rings is 1. The molecule has 2 aliphatic heterocycles. The van der Waals surface area contributed by atoms with Crippen molar-refractivity contribution in [3.05, 3.63) is 33.9 Å². The Hall–Kier alpha value is -1.42. The van der Waals surface area contributed by atoms with E-state index in [-0.39, 0.29) is 50.0 Å². The first kappa shape index (κ1) is 30.5. The van der Waals surface area contributed by atoms with Crippen LogP contribution in [0.4, 0.5) is 10.1 Å². The number of anilines is 1. The Balaban J connectivity index is 2.00. The third kappa shape index (κ3) is 5.70. The second-order valence-corrected chi connectivity index (χ2v) is 13.2. The standard InChI is InChI=1S/C26H40FN3O7P2/c1-7-34-38(35-8-2)26(32,39(36-9-3)37-10-4)20-16-30-18(5)17-33-25-22(30)19(24(20)31)15-21(27)23(25)29-13-11-28(6)12-14-29/h15-16,18,32H,7-14,17H2,1-6H3. The van der Waals surface area contributed by atoms with Crippen LogP contribution in [0.15, 0.2) is 17.1 Å². The van der Waals surface area contributed by atoms with E-state index in [4.69, 9.17) is 22.8 Å². The molecule has 1 aromatic heterocycles. The molecule has 0 spiro atoms. The summed E-state index contributed by atoms with van der Waals surface area (Å²) in [6, 6.07) is 1.08. The van der Waals surface area contributed by atoms with Gasteiger partial charge in [-0.05, 0) is 47.7 Å². The van der Waals surface area contributed by atoms with E-state index in [1.807, 2.05) is 23.4 Å². The van der Waals surface area contributed by atoms with Crippen LogP contribution in [0.1, 0.15) is 46.2 Å². The second-order valence-electron chi connectivity index (χ2n) is 9.48. The highest BCUT2D eigenvalue weighted by Crippen LogP contribution is 2.72. The number of rotatable bonds is 12. The van der Waals surface area contributed by atoms with Gasteiger partial charge in [-0.15, -0.1) is 0 Å². The number of halogens is 1. The van der Waals surface area contributed by atoms with Gasteiger partial charge in [0.05, 0.1) is 48.9 Å². The lowest BCUT2D eigenvalue weighted by molar-refractivity contribution is 0.120. The van der Waals surface area contributed by atoms with E-state index in [0.29, 0.717) is 30.0 Å². The summed E-state index contributed by atoms with van der Waals surface area (Å²) < 4.78 is 47.5. The number of benzene rings is 1. The summed E-state index contributed by atoms with van der Waals surface area (Å²) in [7, 11) is -2.13. The smallest absolute Gasteiger partial charge is 0.234 e. The zero-order valence-corrected chi connectivity index (χ0v) is 25.4. The van der Waals surface area contributed by atoms with Gasteiger partial charge < -0.3 is 42.3 Å². The average Bonchev–Trinajstić information content (AvgIpc) is 2.91. The summed E-state index contributed by atoms with van der Waals surface area (Å²) in [5.74, 6) is -0.177. The molecule has 2 aromatic rings. The maximum atomic E-state index is 15.9. The third-order valence-corrected chi connectivity index (χ3v) is 11.3. The predicted molar refractivity (Wildman–Crippen MR) is 152 cm³/mol. The van der Waals surface area contributed by atoms with Gasteiger partial charge in [-0.1, -0.05) is 0 Å². The van der Waals surface area contributed by atoms with Crippen molar-refractivity contribution in [2.45, 2.75) is 45.7 Å². The van der Waals surface area contributed by atoms with Crippen LogP contribution in [0, 0.1) is 5.82 Å². The minimum absolute atomic E-state index is 0.00229. The lowest BCUT2D eigenvalue weighted by atomic mass is 10.1. The van der Waals surface area contributed by atoms with Crippen molar-refractivity contribution >= 4 is 33.3 Å². The molecule has 3 heterocycles. The van der Waals surface area contributed by atoms with Crippen LogP contribution < -0.4 is 15.1 Å². The Bertz CT molecular complexity index is 1180. The first-order chi connectivity index (χ1) is 18.7. The molecule has 1 atom stereocenters. The van der Waals surface area contributed by atoms with Crippen LogP contribution in [0.2, 0.25) is 0 Å². The molecule has 0 bridgehead atoms. The van der Waals surface area contributed by atoms with E-state index in [9.17, 15) is 9.90 Å². The van der Waals surface area contributed by atoms with Crippen LogP contribution in [0.5, 0.6) is 5.75 Å². The lowest BCUT2D eigenvalue weighted by Crippen LogP contribution is -2.45. The Morgan fingerprint density at radius 1 is 1.03 bits per heavy atom. The van der Waals surface area contributed by atoms with Crippen molar-refractivity contribution in [3.63, 3.8) is 0 Å². The van der Waals surface area contributed by atoms with Gasteiger partial charge in [-0.25, -0.2) is 4.39 Å². The minimum Gasteiger partial charge on any atom is -0.487 e. The monoisotopic (exact) mass is 587 g/mol. The summed E-state index contributed by atoms with van der Waals surface area (Å²) in [6.07, 6.45) is 1.63. The van der Waals surface area contributed by atoms with Crippen LogP contribution in [0.3, 0.4) is 0 Å². The normalized spacial score (nSPS) is 18.4. The van der Waals surface area contributed by atoms with E-state index in [0.717, 1.165) is 13.1 Å². The van der Waals surface area contributed by atoms with Crippen LogP contribution >= 0.6 is 16.8 Å². The average molecular weight is 588 g/mol. The molecular weight excluding hydrogens is 547 g/mol. The van der Waals surface area contributed by atoms with Gasteiger partial charge in [0.25, 0.3) is 0 Å². The van der Waals surface area contributed by atoms with E-state index in [1.54, 1.807) is 33.9 Å². The molecule has 0 aliphatic carbocycles. The molecule has 0 amide bonds. The molecule has 1 saturated heterocycles. The number of likely N-dealkylation sites (N-methyl/N-ethyl adjacent to an activating group) is 1. The molecule has 0 saturated carbocycles. The molecule has 1 N–H and O–H groups in total. The van der Waals surface area contributed by atoms with Gasteiger partial charge in [-0.3, -0.25) is 4.79 Å². The van der Waals surface area contributed by atoms with Gasteiger partial charge in [0, 0.05) is 32.4 Å². The molecule has 1 aromatic carbocycles. The topological polar surface area (TPSA) is 94.9 Å². The zero-order valence-electron chi connectivity index (χ0n) is 23.6. The van der Waals surface area contributed by atoms with Gasteiger partial charge in [0.1, 0.15) is 12.3 Å². The summed E-state index contributed by atoms with van der Waals surface area (Å²) >= 11 is 0. The van der Waals surface area contributed by atoms with E-state index < -0.39 is 33.1 Å². The highest BCUT2D eigenvalue weighted by atomic mass is 31.2. The summed E-state index contributed by atoms with van der Waals surface area (Å²) in [5.41, 5.74) is 0.345. The summed E-state index contributed by atoms with van der Waals surface area (Å²) in [6.45, 7) is 13.2. The SMILES string of the molecule is CCOP(OCC)C(O)(c1cn2c3c(c(N4CCN(C)CC4)c(F)cc3c1=O)OCC2C)P(OCC)OCC. The molecule has 10 nitrogen and oxygen atoms in total.